The van der Waals surface area contributed by atoms with Gasteiger partial charge in [-0.3, -0.25) is 9.59 Å². The van der Waals surface area contributed by atoms with Crippen molar-refractivity contribution in [2.24, 2.45) is 0 Å². The Morgan fingerprint density at radius 1 is 1.03 bits per heavy atom. The van der Waals surface area contributed by atoms with Gasteiger partial charge >= 0.3 is 0 Å². The molecule has 0 unspecified atom stereocenters. The van der Waals surface area contributed by atoms with Crippen molar-refractivity contribution in [3.8, 4) is 0 Å². The Bertz CT molecular complexity index is 1090. The zero-order valence-corrected chi connectivity index (χ0v) is 17.2. The van der Waals surface area contributed by atoms with Crippen LogP contribution in [-0.4, -0.2) is 70.6 Å². The average molecular weight is 407 g/mol. The molecule has 1 amide bonds. The number of aryl methyl sites for hydroxylation is 1. The Balaban J connectivity index is 1.45. The number of fused-ring (bicyclic) bond motifs is 1. The standard InChI is InChI=1S/C21H25N7O2/c1-25(2)19-20(30)28(17-7-4-3-6-16(17)24-19)11-8-18(29)26-12-14-27(15-13-26)21-22-9-5-10-23-21/h3-7,9-10H,8,11-15H2,1-2H3. The number of carbonyl (C=O) groups excluding carboxylic acids is 1. The summed E-state index contributed by atoms with van der Waals surface area (Å²) >= 11 is 0. The van der Waals surface area contributed by atoms with Gasteiger partial charge in [0.2, 0.25) is 11.9 Å². The van der Waals surface area contributed by atoms with E-state index in [1.807, 2.05) is 29.2 Å². The molecule has 1 aliphatic heterocycles. The van der Waals surface area contributed by atoms with Crippen LogP contribution in [0.2, 0.25) is 0 Å². The molecule has 1 aromatic carbocycles. The first-order valence-corrected chi connectivity index (χ1v) is 10.0. The number of benzene rings is 1. The van der Waals surface area contributed by atoms with Crippen LogP contribution in [0.5, 0.6) is 0 Å². The number of anilines is 2. The summed E-state index contributed by atoms with van der Waals surface area (Å²) in [6.45, 7) is 2.94. The summed E-state index contributed by atoms with van der Waals surface area (Å²) < 4.78 is 1.66. The molecule has 30 heavy (non-hydrogen) atoms. The molecule has 0 atom stereocenters. The first-order chi connectivity index (χ1) is 14.5. The van der Waals surface area contributed by atoms with Crippen molar-refractivity contribution in [3.63, 3.8) is 0 Å². The third-order valence-corrected chi connectivity index (χ3v) is 5.28. The van der Waals surface area contributed by atoms with Gasteiger partial charge in [0.05, 0.1) is 11.0 Å². The van der Waals surface area contributed by atoms with E-state index in [1.54, 1.807) is 42.0 Å². The molecule has 156 valence electrons. The van der Waals surface area contributed by atoms with Crippen LogP contribution in [-0.2, 0) is 11.3 Å². The molecular formula is C21H25N7O2. The van der Waals surface area contributed by atoms with E-state index in [9.17, 15) is 9.59 Å². The minimum Gasteiger partial charge on any atom is -0.358 e. The fourth-order valence-electron chi connectivity index (χ4n) is 3.67. The Labute approximate surface area is 174 Å². The van der Waals surface area contributed by atoms with Crippen LogP contribution in [0.15, 0.2) is 47.5 Å². The van der Waals surface area contributed by atoms with Crippen LogP contribution >= 0.6 is 0 Å². The van der Waals surface area contributed by atoms with Gasteiger partial charge in [0.1, 0.15) is 0 Å². The van der Waals surface area contributed by atoms with Gasteiger partial charge in [0.25, 0.3) is 5.56 Å². The van der Waals surface area contributed by atoms with Crippen LogP contribution in [0, 0.1) is 0 Å². The highest BCUT2D eigenvalue weighted by Gasteiger charge is 2.23. The smallest absolute Gasteiger partial charge is 0.293 e. The van der Waals surface area contributed by atoms with E-state index in [-0.39, 0.29) is 17.9 Å². The van der Waals surface area contributed by atoms with Crippen molar-refractivity contribution in [2.75, 3.05) is 50.1 Å². The molecule has 0 N–H and O–H groups in total. The number of carbonyl (C=O) groups is 1. The van der Waals surface area contributed by atoms with Gasteiger partial charge < -0.3 is 19.3 Å². The minimum absolute atomic E-state index is 0.0443. The summed E-state index contributed by atoms with van der Waals surface area (Å²) in [5, 5.41) is 0. The summed E-state index contributed by atoms with van der Waals surface area (Å²) in [5.74, 6) is 1.11. The lowest BCUT2D eigenvalue weighted by Gasteiger charge is -2.34. The Kier molecular flexibility index (Phi) is 5.60. The van der Waals surface area contributed by atoms with E-state index < -0.39 is 0 Å². The number of rotatable bonds is 5. The van der Waals surface area contributed by atoms with Gasteiger partial charge in [0.15, 0.2) is 5.82 Å². The SMILES string of the molecule is CN(C)c1nc2ccccc2n(CCC(=O)N2CCN(c3ncccn3)CC2)c1=O. The molecule has 0 aliphatic carbocycles. The zero-order chi connectivity index (χ0) is 21.1. The molecule has 1 aliphatic rings. The molecule has 2 aromatic heterocycles. The van der Waals surface area contributed by atoms with Crippen molar-refractivity contribution in [1.82, 2.24) is 24.4 Å². The van der Waals surface area contributed by atoms with E-state index in [2.05, 4.69) is 19.9 Å². The van der Waals surface area contributed by atoms with E-state index in [1.165, 1.54) is 0 Å². The fourth-order valence-corrected chi connectivity index (χ4v) is 3.67. The summed E-state index contributed by atoms with van der Waals surface area (Å²) in [5.41, 5.74) is 1.30. The molecule has 3 aromatic rings. The maximum Gasteiger partial charge on any atom is 0.293 e. The van der Waals surface area contributed by atoms with Crippen molar-refractivity contribution >= 4 is 28.7 Å². The lowest BCUT2D eigenvalue weighted by molar-refractivity contribution is -0.131. The third kappa shape index (κ3) is 3.96. The summed E-state index contributed by atoms with van der Waals surface area (Å²) in [7, 11) is 3.59. The first kappa shape index (κ1) is 19.8. The normalized spacial score (nSPS) is 14.2. The quantitative estimate of drug-likeness (QED) is 0.623. The third-order valence-electron chi connectivity index (χ3n) is 5.28. The van der Waals surface area contributed by atoms with Crippen molar-refractivity contribution in [1.29, 1.82) is 0 Å². The lowest BCUT2D eigenvalue weighted by atomic mass is 10.2. The molecule has 9 nitrogen and oxygen atoms in total. The Morgan fingerprint density at radius 3 is 2.43 bits per heavy atom. The summed E-state index contributed by atoms with van der Waals surface area (Å²) in [4.78, 5) is 44.4. The van der Waals surface area contributed by atoms with Gasteiger partial charge in [-0.05, 0) is 18.2 Å². The van der Waals surface area contributed by atoms with Crippen molar-refractivity contribution in [3.05, 3.63) is 53.1 Å². The highest BCUT2D eigenvalue weighted by atomic mass is 16.2. The molecule has 0 bridgehead atoms. The highest BCUT2D eigenvalue weighted by Crippen LogP contribution is 2.15. The van der Waals surface area contributed by atoms with Gasteiger partial charge in [-0.2, -0.15) is 0 Å². The number of aromatic nitrogens is 4. The molecule has 1 saturated heterocycles. The second-order valence-corrected chi connectivity index (χ2v) is 7.44. The van der Waals surface area contributed by atoms with E-state index in [0.717, 1.165) is 11.0 Å². The van der Waals surface area contributed by atoms with E-state index in [0.29, 0.717) is 44.5 Å². The zero-order valence-electron chi connectivity index (χ0n) is 17.2. The summed E-state index contributed by atoms with van der Waals surface area (Å²) in [6, 6.07) is 9.31. The molecule has 0 saturated carbocycles. The lowest BCUT2D eigenvalue weighted by Crippen LogP contribution is -2.49. The second kappa shape index (κ2) is 8.48. The number of para-hydroxylation sites is 2. The van der Waals surface area contributed by atoms with Crippen LogP contribution in [0.3, 0.4) is 0 Å². The average Bonchev–Trinajstić information content (AvgIpc) is 2.78. The second-order valence-electron chi connectivity index (χ2n) is 7.44. The molecule has 4 rings (SSSR count). The number of hydrogen-bond acceptors (Lipinski definition) is 7. The topological polar surface area (TPSA) is 87.5 Å². The number of piperazine rings is 1. The minimum atomic E-state index is -0.183. The molecule has 3 heterocycles. The van der Waals surface area contributed by atoms with Crippen molar-refractivity contribution < 1.29 is 4.79 Å². The molecule has 1 fully saturated rings. The molecule has 9 heteroatoms. The van der Waals surface area contributed by atoms with Gasteiger partial charge in [0, 0.05) is 65.6 Å². The molecule has 0 spiro atoms. The van der Waals surface area contributed by atoms with Crippen LogP contribution < -0.4 is 15.4 Å². The Morgan fingerprint density at radius 2 is 1.73 bits per heavy atom. The van der Waals surface area contributed by atoms with Gasteiger partial charge in [-0.15, -0.1) is 0 Å². The maximum absolute atomic E-state index is 12.9. The predicted octanol–water partition coefficient (Wildman–Crippen LogP) is 0.991. The van der Waals surface area contributed by atoms with E-state index in [4.69, 9.17) is 0 Å². The van der Waals surface area contributed by atoms with Gasteiger partial charge in [-0.25, -0.2) is 15.0 Å². The Hall–Kier alpha value is -3.49. The molecular weight excluding hydrogens is 382 g/mol. The number of hydrogen-bond donors (Lipinski definition) is 0. The predicted molar refractivity (Wildman–Crippen MR) is 116 cm³/mol. The first-order valence-electron chi connectivity index (χ1n) is 10.0. The van der Waals surface area contributed by atoms with Gasteiger partial charge in [-0.1, -0.05) is 12.1 Å². The highest BCUT2D eigenvalue weighted by molar-refractivity contribution is 5.78. The van der Waals surface area contributed by atoms with Crippen LogP contribution in [0.1, 0.15) is 6.42 Å². The van der Waals surface area contributed by atoms with Crippen LogP contribution in [0.25, 0.3) is 11.0 Å². The largest absolute Gasteiger partial charge is 0.358 e. The molecule has 0 radical (unpaired) electrons. The number of nitrogens with zero attached hydrogens (tertiary/aromatic N) is 7. The maximum atomic E-state index is 12.9. The van der Waals surface area contributed by atoms with Crippen molar-refractivity contribution in [2.45, 2.75) is 13.0 Å². The van der Waals surface area contributed by atoms with Crippen LogP contribution in [0.4, 0.5) is 11.8 Å². The summed E-state index contributed by atoms with van der Waals surface area (Å²) in [6.07, 6.45) is 3.71. The van der Waals surface area contributed by atoms with E-state index >= 15 is 0 Å². The fraction of sp³-hybridized carbons (Fsp3) is 0.381. The monoisotopic (exact) mass is 407 g/mol. The number of amides is 1.